The topological polar surface area (TPSA) is 15.7 Å². The molecule has 0 aliphatic carbocycles. The van der Waals surface area contributed by atoms with Crippen LogP contribution in [-0.2, 0) is 6.42 Å². The highest BCUT2D eigenvalue weighted by atomic mass is 35.5. The molecule has 0 unspecified atom stereocenters. The van der Waals surface area contributed by atoms with Gasteiger partial charge < -0.3 is 14.5 Å². The lowest BCUT2D eigenvalue weighted by Gasteiger charge is -2.32. The maximum atomic E-state index is 6.17. The molecule has 0 amide bonds. The molecule has 0 bridgehead atoms. The second kappa shape index (κ2) is 9.51. The molecule has 0 spiro atoms. The van der Waals surface area contributed by atoms with Crippen molar-refractivity contribution in [2.24, 2.45) is 5.92 Å². The lowest BCUT2D eigenvalue weighted by atomic mass is 10.1. The SMILES string of the molecule is CC(C)CCOc1ccc(Cl)cc1CCCN1CCN(C)CC1. The lowest BCUT2D eigenvalue weighted by Crippen LogP contribution is -2.44. The zero-order chi connectivity index (χ0) is 16.7. The zero-order valence-electron chi connectivity index (χ0n) is 14.9. The van der Waals surface area contributed by atoms with Crippen molar-refractivity contribution in [3.63, 3.8) is 0 Å². The first kappa shape index (κ1) is 18.6. The van der Waals surface area contributed by atoms with Crippen molar-refractivity contribution in [2.45, 2.75) is 33.1 Å². The maximum Gasteiger partial charge on any atom is 0.122 e. The van der Waals surface area contributed by atoms with Crippen molar-refractivity contribution >= 4 is 11.6 Å². The summed E-state index contributed by atoms with van der Waals surface area (Å²) < 4.78 is 5.98. The fraction of sp³-hybridized carbons (Fsp3) is 0.684. The maximum absolute atomic E-state index is 6.17. The van der Waals surface area contributed by atoms with Crippen LogP contribution in [0.2, 0.25) is 5.02 Å². The van der Waals surface area contributed by atoms with Gasteiger partial charge in [0.15, 0.2) is 0 Å². The first-order chi connectivity index (χ1) is 11.0. The van der Waals surface area contributed by atoms with Gasteiger partial charge in [-0.05, 0) is 62.5 Å². The van der Waals surface area contributed by atoms with Crippen LogP contribution in [0.15, 0.2) is 18.2 Å². The Kier molecular flexibility index (Phi) is 7.68. The molecule has 1 heterocycles. The molecular weight excluding hydrogens is 308 g/mol. The third-order valence-electron chi connectivity index (χ3n) is 4.49. The van der Waals surface area contributed by atoms with Gasteiger partial charge in [0, 0.05) is 31.2 Å². The van der Waals surface area contributed by atoms with Crippen molar-refractivity contribution in [1.82, 2.24) is 9.80 Å². The lowest BCUT2D eigenvalue weighted by molar-refractivity contribution is 0.153. The number of benzene rings is 1. The van der Waals surface area contributed by atoms with E-state index in [-0.39, 0.29) is 0 Å². The molecule has 1 fully saturated rings. The summed E-state index contributed by atoms with van der Waals surface area (Å²) in [6.07, 6.45) is 3.28. The number of aryl methyl sites for hydroxylation is 1. The van der Waals surface area contributed by atoms with Crippen molar-refractivity contribution < 1.29 is 4.74 Å². The Morgan fingerprint density at radius 2 is 1.91 bits per heavy atom. The monoisotopic (exact) mass is 338 g/mol. The van der Waals surface area contributed by atoms with E-state index in [1.165, 1.54) is 31.7 Å². The van der Waals surface area contributed by atoms with Crippen molar-refractivity contribution in [1.29, 1.82) is 0 Å². The van der Waals surface area contributed by atoms with Gasteiger partial charge in [-0.2, -0.15) is 0 Å². The van der Waals surface area contributed by atoms with Gasteiger partial charge in [-0.3, -0.25) is 0 Å². The molecule has 1 aliphatic heterocycles. The molecule has 1 aromatic rings. The number of rotatable bonds is 8. The second-order valence-corrected chi connectivity index (χ2v) is 7.47. The number of hydrogen-bond acceptors (Lipinski definition) is 3. The minimum absolute atomic E-state index is 0.669. The number of nitrogens with zero attached hydrogens (tertiary/aromatic N) is 2. The average Bonchev–Trinajstić information content (AvgIpc) is 2.51. The van der Waals surface area contributed by atoms with Crippen LogP contribution in [0.4, 0.5) is 0 Å². The molecule has 130 valence electrons. The molecule has 0 N–H and O–H groups in total. The van der Waals surface area contributed by atoms with Crippen LogP contribution in [-0.4, -0.2) is 56.2 Å². The van der Waals surface area contributed by atoms with Crippen molar-refractivity contribution in [2.75, 3.05) is 46.4 Å². The van der Waals surface area contributed by atoms with Crippen LogP contribution >= 0.6 is 11.6 Å². The molecule has 2 rings (SSSR count). The third kappa shape index (κ3) is 6.70. The average molecular weight is 339 g/mol. The van der Waals surface area contributed by atoms with Crippen LogP contribution in [0, 0.1) is 5.92 Å². The highest BCUT2D eigenvalue weighted by molar-refractivity contribution is 6.30. The van der Waals surface area contributed by atoms with Gasteiger partial charge in [-0.15, -0.1) is 0 Å². The molecule has 1 aliphatic rings. The van der Waals surface area contributed by atoms with Crippen LogP contribution < -0.4 is 4.74 Å². The summed E-state index contributed by atoms with van der Waals surface area (Å²) in [5.41, 5.74) is 1.25. The van der Waals surface area contributed by atoms with E-state index >= 15 is 0 Å². The summed E-state index contributed by atoms with van der Waals surface area (Å²) in [5.74, 6) is 1.68. The van der Waals surface area contributed by atoms with Crippen molar-refractivity contribution in [3.8, 4) is 5.75 Å². The minimum Gasteiger partial charge on any atom is -0.493 e. The molecule has 0 saturated carbocycles. The minimum atomic E-state index is 0.669. The third-order valence-corrected chi connectivity index (χ3v) is 4.73. The van der Waals surface area contributed by atoms with Crippen molar-refractivity contribution in [3.05, 3.63) is 28.8 Å². The first-order valence-corrected chi connectivity index (χ1v) is 9.24. The molecule has 23 heavy (non-hydrogen) atoms. The van der Waals surface area contributed by atoms with Gasteiger partial charge in [0.1, 0.15) is 5.75 Å². The van der Waals surface area contributed by atoms with E-state index in [1.807, 2.05) is 12.1 Å². The number of hydrogen-bond donors (Lipinski definition) is 0. The van der Waals surface area contributed by atoms with E-state index in [0.29, 0.717) is 5.92 Å². The standard InChI is InChI=1S/C19H31ClN2O/c1-16(2)8-14-23-19-7-6-18(20)15-17(19)5-4-9-22-12-10-21(3)11-13-22/h6-7,15-16H,4-5,8-14H2,1-3H3. The Morgan fingerprint density at radius 3 is 2.61 bits per heavy atom. The summed E-state index contributed by atoms with van der Waals surface area (Å²) in [7, 11) is 2.20. The largest absolute Gasteiger partial charge is 0.493 e. The fourth-order valence-corrected chi connectivity index (χ4v) is 3.05. The molecule has 1 saturated heterocycles. The number of halogens is 1. The molecule has 0 radical (unpaired) electrons. The normalized spacial score (nSPS) is 16.9. The van der Waals surface area contributed by atoms with Crippen LogP contribution in [0.1, 0.15) is 32.3 Å². The predicted octanol–water partition coefficient (Wildman–Crippen LogP) is 3.94. The Labute approximate surface area is 146 Å². The van der Waals surface area contributed by atoms with Gasteiger partial charge in [-0.1, -0.05) is 25.4 Å². The summed E-state index contributed by atoms with van der Waals surface area (Å²) in [5, 5.41) is 0.802. The Bertz CT molecular complexity index is 470. The summed E-state index contributed by atoms with van der Waals surface area (Å²) in [4.78, 5) is 4.96. The fourth-order valence-electron chi connectivity index (χ4n) is 2.85. The van der Waals surface area contributed by atoms with E-state index in [0.717, 1.165) is 43.2 Å². The smallest absolute Gasteiger partial charge is 0.122 e. The summed E-state index contributed by atoms with van der Waals surface area (Å²) in [6, 6.07) is 6.01. The highest BCUT2D eigenvalue weighted by Crippen LogP contribution is 2.25. The van der Waals surface area contributed by atoms with E-state index in [1.54, 1.807) is 0 Å². The molecule has 3 nitrogen and oxygen atoms in total. The van der Waals surface area contributed by atoms with Crippen LogP contribution in [0.3, 0.4) is 0 Å². The highest BCUT2D eigenvalue weighted by Gasteiger charge is 2.13. The van der Waals surface area contributed by atoms with Gasteiger partial charge in [0.25, 0.3) is 0 Å². The van der Waals surface area contributed by atoms with E-state index in [4.69, 9.17) is 16.3 Å². The van der Waals surface area contributed by atoms with E-state index in [2.05, 4.69) is 36.8 Å². The van der Waals surface area contributed by atoms with E-state index < -0.39 is 0 Å². The van der Waals surface area contributed by atoms with E-state index in [9.17, 15) is 0 Å². The molecule has 1 aromatic carbocycles. The second-order valence-electron chi connectivity index (χ2n) is 7.03. The quantitative estimate of drug-likeness (QED) is 0.714. The molecule has 0 aromatic heterocycles. The van der Waals surface area contributed by atoms with Gasteiger partial charge in [0.05, 0.1) is 6.61 Å². The van der Waals surface area contributed by atoms with Crippen LogP contribution in [0.5, 0.6) is 5.75 Å². The number of likely N-dealkylation sites (N-methyl/N-ethyl adjacent to an activating group) is 1. The van der Waals surface area contributed by atoms with Gasteiger partial charge in [0.2, 0.25) is 0 Å². The molecular formula is C19H31ClN2O. The Balaban J connectivity index is 1.81. The Morgan fingerprint density at radius 1 is 1.17 bits per heavy atom. The summed E-state index contributed by atoms with van der Waals surface area (Å²) in [6.45, 7) is 11.1. The van der Waals surface area contributed by atoms with Gasteiger partial charge in [-0.25, -0.2) is 0 Å². The zero-order valence-corrected chi connectivity index (χ0v) is 15.6. The number of piperazine rings is 1. The van der Waals surface area contributed by atoms with Crippen LogP contribution in [0.25, 0.3) is 0 Å². The predicted molar refractivity (Wildman–Crippen MR) is 98.7 cm³/mol. The summed E-state index contributed by atoms with van der Waals surface area (Å²) >= 11 is 6.17. The Hall–Kier alpha value is -0.770. The van der Waals surface area contributed by atoms with Gasteiger partial charge >= 0.3 is 0 Å². The first-order valence-electron chi connectivity index (χ1n) is 8.86. The molecule has 4 heteroatoms. The number of ether oxygens (including phenoxy) is 1. The molecule has 0 atom stereocenters.